The van der Waals surface area contributed by atoms with Crippen molar-refractivity contribution in [2.24, 2.45) is 4.99 Å². The summed E-state index contributed by atoms with van der Waals surface area (Å²) in [6.07, 6.45) is 5.16. The highest BCUT2D eigenvalue weighted by atomic mass is 16.5. The molecular formula is C13H13N3O. The summed E-state index contributed by atoms with van der Waals surface area (Å²) in [6, 6.07) is 7.61. The summed E-state index contributed by atoms with van der Waals surface area (Å²) in [6.45, 7) is 0. The molecule has 0 radical (unpaired) electrons. The predicted molar refractivity (Wildman–Crippen MR) is 67.1 cm³/mol. The van der Waals surface area contributed by atoms with Crippen molar-refractivity contribution in [1.82, 2.24) is 0 Å². The van der Waals surface area contributed by atoms with E-state index in [1.807, 2.05) is 30.3 Å². The van der Waals surface area contributed by atoms with Crippen LogP contribution in [0.2, 0.25) is 0 Å². The number of benzene rings is 1. The summed E-state index contributed by atoms with van der Waals surface area (Å²) in [5.74, 6) is 0.796. The molecule has 4 heteroatoms. The highest BCUT2D eigenvalue weighted by Crippen LogP contribution is 2.21. The normalized spacial score (nSPS) is 17.0. The number of allylic oxidation sites excluding steroid dienone is 2. The fraction of sp³-hybridized carbons (Fsp3) is 0.231. The number of aliphatic imine (C=N–C) groups is 1. The van der Waals surface area contributed by atoms with E-state index in [4.69, 9.17) is 10.3 Å². The van der Waals surface area contributed by atoms with E-state index in [1.54, 1.807) is 13.2 Å². The highest BCUT2D eigenvalue weighted by molar-refractivity contribution is 6.07. The Bertz CT molecular complexity index is 525. The molecule has 1 aliphatic carbocycles. The number of ether oxygens (including phenoxy) is 1. The van der Waals surface area contributed by atoms with E-state index >= 15 is 0 Å². The highest BCUT2D eigenvalue weighted by Gasteiger charge is 2.11. The van der Waals surface area contributed by atoms with Gasteiger partial charge in [0.05, 0.1) is 19.2 Å². The van der Waals surface area contributed by atoms with Crippen molar-refractivity contribution in [3.05, 3.63) is 41.9 Å². The number of hydrogen-bond acceptors (Lipinski definition) is 2. The first-order chi connectivity index (χ1) is 8.31. The van der Waals surface area contributed by atoms with E-state index in [9.17, 15) is 0 Å². The molecule has 4 nitrogen and oxygen atoms in total. The second-order valence-electron chi connectivity index (χ2n) is 3.73. The summed E-state index contributed by atoms with van der Waals surface area (Å²) >= 11 is 0. The summed E-state index contributed by atoms with van der Waals surface area (Å²) < 4.78 is 5.14. The first-order valence-corrected chi connectivity index (χ1v) is 5.42. The van der Waals surface area contributed by atoms with Crippen molar-refractivity contribution in [1.29, 1.82) is 0 Å². The van der Waals surface area contributed by atoms with Crippen LogP contribution >= 0.6 is 0 Å². The lowest BCUT2D eigenvalue weighted by Gasteiger charge is -2.04. The Balaban J connectivity index is 2.22. The maximum atomic E-state index is 8.62. The second kappa shape index (κ2) is 5.23. The van der Waals surface area contributed by atoms with Gasteiger partial charge in [0.15, 0.2) is 0 Å². The average molecular weight is 227 g/mol. The molecule has 0 saturated heterocycles. The fourth-order valence-electron chi connectivity index (χ4n) is 1.64. The van der Waals surface area contributed by atoms with Crippen molar-refractivity contribution in [3.63, 3.8) is 0 Å². The number of methoxy groups -OCH3 is 1. The van der Waals surface area contributed by atoms with Crippen molar-refractivity contribution in [2.45, 2.75) is 12.8 Å². The molecule has 0 N–H and O–H groups in total. The molecule has 1 aromatic carbocycles. The van der Waals surface area contributed by atoms with Gasteiger partial charge in [0, 0.05) is 24.3 Å². The predicted octanol–water partition coefficient (Wildman–Crippen LogP) is 2.79. The van der Waals surface area contributed by atoms with Gasteiger partial charge in [-0.2, -0.15) is 4.79 Å². The first kappa shape index (κ1) is 11.3. The molecule has 0 fully saturated rings. The number of rotatable bonds is 2. The lowest BCUT2D eigenvalue weighted by Crippen LogP contribution is -2.07. The van der Waals surface area contributed by atoms with Gasteiger partial charge in [-0.1, -0.05) is 6.07 Å². The van der Waals surface area contributed by atoms with Gasteiger partial charge in [-0.15, -0.1) is 0 Å². The van der Waals surface area contributed by atoms with E-state index < -0.39 is 0 Å². The lowest BCUT2D eigenvalue weighted by atomic mass is 10.0. The minimum absolute atomic E-state index is 0.689. The smallest absolute Gasteiger partial charge is 0.292 e. The average Bonchev–Trinajstić information content (AvgIpc) is 2.40. The van der Waals surface area contributed by atoms with E-state index in [0.29, 0.717) is 5.71 Å². The monoisotopic (exact) mass is 227 g/mol. The number of nitrogens with zero attached hydrogens (tertiary/aromatic N) is 3. The van der Waals surface area contributed by atoms with Crippen LogP contribution in [0.1, 0.15) is 12.8 Å². The van der Waals surface area contributed by atoms with Crippen LogP contribution in [0, 0.1) is 0 Å². The van der Waals surface area contributed by atoms with Gasteiger partial charge < -0.3 is 10.3 Å². The minimum Gasteiger partial charge on any atom is -0.497 e. The van der Waals surface area contributed by atoms with Crippen LogP contribution < -0.4 is 4.74 Å². The van der Waals surface area contributed by atoms with Crippen LogP contribution in [-0.2, 0) is 0 Å². The van der Waals surface area contributed by atoms with E-state index in [1.165, 1.54) is 0 Å². The Morgan fingerprint density at radius 1 is 1.29 bits per heavy atom. The molecule has 0 spiro atoms. The van der Waals surface area contributed by atoms with Crippen molar-refractivity contribution >= 4 is 17.1 Å². The minimum atomic E-state index is 0.689. The zero-order valence-electron chi connectivity index (χ0n) is 9.63. The lowest BCUT2D eigenvalue weighted by molar-refractivity contribution is -0.00621. The molecule has 0 saturated carbocycles. The molecule has 0 unspecified atom stereocenters. The molecule has 0 amide bonds. The SMILES string of the molecule is COc1cccc(N=C2C=CC(=[N+]=[N-])CC2)c1. The maximum absolute atomic E-state index is 8.62. The zero-order chi connectivity index (χ0) is 12.1. The van der Waals surface area contributed by atoms with Gasteiger partial charge in [0.25, 0.3) is 5.71 Å². The Morgan fingerprint density at radius 3 is 2.82 bits per heavy atom. The van der Waals surface area contributed by atoms with Crippen LogP contribution in [0.5, 0.6) is 5.75 Å². The van der Waals surface area contributed by atoms with Crippen LogP contribution in [0.4, 0.5) is 5.69 Å². The first-order valence-electron chi connectivity index (χ1n) is 5.42. The fourth-order valence-corrected chi connectivity index (χ4v) is 1.64. The quantitative estimate of drug-likeness (QED) is 0.566. The van der Waals surface area contributed by atoms with Crippen LogP contribution in [-0.4, -0.2) is 23.3 Å². The summed E-state index contributed by atoms with van der Waals surface area (Å²) in [4.78, 5) is 7.68. The van der Waals surface area contributed by atoms with Crippen molar-refractivity contribution in [3.8, 4) is 5.75 Å². The van der Waals surface area contributed by atoms with Gasteiger partial charge in [-0.05, 0) is 18.2 Å². The standard InChI is InChI=1S/C13H13N3O/c1-17-13-4-2-3-12(9-13)15-10-5-7-11(16-14)8-6-10/h2-5,7,9H,6,8H2,1H3. The van der Waals surface area contributed by atoms with Gasteiger partial charge in [0.2, 0.25) is 0 Å². The molecule has 0 bridgehead atoms. The molecule has 0 aliphatic heterocycles. The largest absolute Gasteiger partial charge is 0.497 e. The third-order valence-electron chi connectivity index (χ3n) is 2.56. The number of hydrogen-bond donors (Lipinski definition) is 0. The van der Waals surface area contributed by atoms with E-state index in [0.717, 1.165) is 30.0 Å². The Kier molecular flexibility index (Phi) is 3.48. The van der Waals surface area contributed by atoms with Gasteiger partial charge in [-0.3, -0.25) is 4.99 Å². The summed E-state index contributed by atoms with van der Waals surface area (Å²) in [5, 5.41) is 0. The van der Waals surface area contributed by atoms with Crippen molar-refractivity contribution in [2.75, 3.05) is 7.11 Å². The second-order valence-corrected chi connectivity index (χ2v) is 3.73. The van der Waals surface area contributed by atoms with Gasteiger partial charge in [0.1, 0.15) is 5.75 Å². The molecule has 0 aromatic heterocycles. The van der Waals surface area contributed by atoms with E-state index in [2.05, 4.69) is 9.78 Å². The molecule has 17 heavy (non-hydrogen) atoms. The Labute approximate surface area is 99.9 Å². The molecule has 1 aliphatic rings. The van der Waals surface area contributed by atoms with E-state index in [-0.39, 0.29) is 0 Å². The topological polar surface area (TPSA) is 58.0 Å². The summed E-state index contributed by atoms with van der Waals surface area (Å²) in [5.41, 5.74) is 11.2. The molecule has 86 valence electrons. The molecule has 0 heterocycles. The molecule has 0 atom stereocenters. The Hall–Kier alpha value is -2.19. The van der Waals surface area contributed by atoms with Gasteiger partial charge in [-0.25, -0.2) is 0 Å². The molecule has 1 aromatic rings. The van der Waals surface area contributed by atoms with Crippen molar-refractivity contribution < 1.29 is 9.53 Å². The third-order valence-corrected chi connectivity index (χ3v) is 2.56. The Morgan fingerprint density at radius 2 is 2.18 bits per heavy atom. The molecular weight excluding hydrogens is 214 g/mol. The zero-order valence-corrected chi connectivity index (χ0v) is 9.63. The van der Waals surface area contributed by atoms with Crippen LogP contribution in [0.25, 0.3) is 5.53 Å². The van der Waals surface area contributed by atoms with Gasteiger partial charge >= 0.3 is 0 Å². The van der Waals surface area contributed by atoms with Crippen LogP contribution in [0.3, 0.4) is 0 Å². The maximum Gasteiger partial charge on any atom is 0.292 e. The third kappa shape index (κ3) is 2.89. The van der Waals surface area contributed by atoms with Crippen LogP contribution in [0.15, 0.2) is 41.4 Å². The summed E-state index contributed by atoms with van der Waals surface area (Å²) in [7, 11) is 1.64. The molecule has 2 rings (SSSR count).